The third kappa shape index (κ3) is 2.01. The summed E-state index contributed by atoms with van der Waals surface area (Å²) in [5, 5.41) is 0. The van der Waals surface area contributed by atoms with Crippen LogP contribution in [0.1, 0.15) is 5.56 Å². The molecule has 0 bridgehead atoms. The quantitative estimate of drug-likeness (QED) is 0.826. The van der Waals surface area contributed by atoms with Gasteiger partial charge in [0.15, 0.2) is 11.6 Å². The Morgan fingerprint density at radius 3 is 2.50 bits per heavy atom. The van der Waals surface area contributed by atoms with Crippen LogP contribution in [-0.2, 0) is 0 Å². The van der Waals surface area contributed by atoms with Crippen LogP contribution in [0.2, 0.25) is 0 Å². The first-order chi connectivity index (χ1) is 8.54. The first-order valence-electron chi connectivity index (χ1n) is 5.43. The molecule has 18 heavy (non-hydrogen) atoms. The van der Waals surface area contributed by atoms with Crippen molar-refractivity contribution in [2.24, 2.45) is 0 Å². The van der Waals surface area contributed by atoms with E-state index in [9.17, 15) is 8.78 Å². The Hall–Kier alpha value is -2.10. The van der Waals surface area contributed by atoms with Gasteiger partial charge in [-0.1, -0.05) is 12.1 Å². The zero-order chi connectivity index (χ0) is 13.3. The van der Waals surface area contributed by atoms with Gasteiger partial charge in [0, 0.05) is 5.56 Å². The molecule has 0 fully saturated rings. The van der Waals surface area contributed by atoms with Crippen LogP contribution in [0.15, 0.2) is 30.3 Å². The molecule has 0 aliphatic heterocycles. The summed E-state index contributed by atoms with van der Waals surface area (Å²) in [6.45, 7) is 1.79. The van der Waals surface area contributed by atoms with Crippen molar-refractivity contribution in [3.8, 4) is 16.9 Å². The van der Waals surface area contributed by atoms with E-state index in [1.807, 2.05) is 0 Å². The Morgan fingerprint density at radius 1 is 1.11 bits per heavy atom. The van der Waals surface area contributed by atoms with E-state index in [4.69, 9.17) is 10.5 Å². The molecule has 0 unspecified atom stereocenters. The molecule has 2 aromatic rings. The van der Waals surface area contributed by atoms with E-state index in [1.165, 1.54) is 19.2 Å². The van der Waals surface area contributed by atoms with E-state index in [0.717, 1.165) is 11.6 Å². The van der Waals surface area contributed by atoms with Gasteiger partial charge in [0.25, 0.3) is 0 Å². The monoisotopic (exact) mass is 249 g/mol. The number of halogens is 2. The molecule has 0 saturated heterocycles. The fourth-order valence-corrected chi connectivity index (χ4v) is 1.89. The molecule has 2 N–H and O–H groups in total. The molecular formula is C14H13F2NO. The van der Waals surface area contributed by atoms with Gasteiger partial charge in [-0.05, 0) is 36.2 Å². The zero-order valence-corrected chi connectivity index (χ0v) is 10.1. The number of nitrogens with two attached hydrogens (primary N) is 1. The molecular weight excluding hydrogens is 236 g/mol. The van der Waals surface area contributed by atoms with Gasteiger partial charge in [-0.3, -0.25) is 0 Å². The SMILES string of the molecule is COc1cc(-c2cccc(F)c2F)c(C)cc1N. The van der Waals surface area contributed by atoms with Crippen LogP contribution < -0.4 is 10.5 Å². The molecule has 94 valence electrons. The Bertz CT molecular complexity index is 597. The number of hydrogen-bond acceptors (Lipinski definition) is 2. The summed E-state index contributed by atoms with van der Waals surface area (Å²) in [6, 6.07) is 7.37. The molecule has 4 heteroatoms. The van der Waals surface area contributed by atoms with Gasteiger partial charge in [0.2, 0.25) is 0 Å². The average Bonchev–Trinajstić information content (AvgIpc) is 2.34. The van der Waals surface area contributed by atoms with Gasteiger partial charge in [-0.25, -0.2) is 8.78 Å². The van der Waals surface area contributed by atoms with Crippen molar-refractivity contribution >= 4 is 5.69 Å². The number of ether oxygens (including phenoxy) is 1. The maximum atomic E-state index is 13.8. The third-order valence-electron chi connectivity index (χ3n) is 2.82. The summed E-state index contributed by atoms with van der Waals surface area (Å²) in [5.74, 6) is -1.30. The maximum Gasteiger partial charge on any atom is 0.166 e. The Morgan fingerprint density at radius 2 is 1.83 bits per heavy atom. The molecule has 0 atom stereocenters. The maximum absolute atomic E-state index is 13.8. The van der Waals surface area contributed by atoms with E-state index >= 15 is 0 Å². The van der Waals surface area contributed by atoms with Crippen molar-refractivity contribution < 1.29 is 13.5 Å². The van der Waals surface area contributed by atoms with Crippen molar-refractivity contribution in [1.29, 1.82) is 0 Å². The second kappa shape index (κ2) is 4.64. The fraction of sp³-hybridized carbons (Fsp3) is 0.143. The Kier molecular flexibility index (Phi) is 3.19. The van der Waals surface area contributed by atoms with Gasteiger partial charge >= 0.3 is 0 Å². The van der Waals surface area contributed by atoms with Crippen molar-refractivity contribution in [1.82, 2.24) is 0 Å². The van der Waals surface area contributed by atoms with Crippen LogP contribution in [0.25, 0.3) is 11.1 Å². The van der Waals surface area contributed by atoms with Gasteiger partial charge in [0.1, 0.15) is 5.75 Å². The van der Waals surface area contributed by atoms with Crippen molar-refractivity contribution in [3.63, 3.8) is 0 Å². The highest BCUT2D eigenvalue weighted by atomic mass is 19.2. The summed E-state index contributed by atoms with van der Waals surface area (Å²) >= 11 is 0. The molecule has 0 aliphatic rings. The molecule has 0 radical (unpaired) electrons. The highest BCUT2D eigenvalue weighted by molar-refractivity contribution is 5.74. The molecule has 0 aromatic heterocycles. The van der Waals surface area contributed by atoms with Crippen LogP contribution >= 0.6 is 0 Å². The van der Waals surface area contributed by atoms with Gasteiger partial charge < -0.3 is 10.5 Å². The predicted octanol–water partition coefficient (Wildman–Crippen LogP) is 3.53. The predicted molar refractivity (Wildman–Crippen MR) is 67.5 cm³/mol. The number of methoxy groups -OCH3 is 1. The van der Waals surface area contributed by atoms with E-state index < -0.39 is 11.6 Å². The van der Waals surface area contributed by atoms with E-state index in [2.05, 4.69) is 0 Å². The topological polar surface area (TPSA) is 35.2 Å². The van der Waals surface area contributed by atoms with E-state index in [-0.39, 0.29) is 5.56 Å². The largest absolute Gasteiger partial charge is 0.495 e. The average molecular weight is 249 g/mol. The first kappa shape index (κ1) is 12.4. The lowest BCUT2D eigenvalue weighted by molar-refractivity contribution is 0.417. The molecule has 2 rings (SSSR count). The highest BCUT2D eigenvalue weighted by Crippen LogP contribution is 2.34. The Labute approximate surface area is 104 Å². The lowest BCUT2D eigenvalue weighted by Crippen LogP contribution is -1.97. The number of hydrogen-bond donors (Lipinski definition) is 1. The Balaban J connectivity index is 2.67. The number of aryl methyl sites for hydroxylation is 1. The second-order valence-corrected chi connectivity index (χ2v) is 4.01. The first-order valence-corrected chi connectivity index (χ1v) is 5.43. The molecule has 0 aliphatic carbocycles. The summed E-state index contributed by atoms with van der Waals surface area (Å²) < 4.78 is 32.1. The number of anilines is 1. The minimum atomic E-state index is -0.873. The lowest BCUT2D eigenvalue weighted by atomic mass is 9.99. The van der Waals surface area contributed by atoms with Crippen LogP contribution in [0.5, 0.6) is 5.75 Å². The molecule has 0 saturated carbocycles. The normalized spacial score (nSPS) is 10.4. The third-order valence-corrected chi connectivity index (χ3v) is 2.82. The summed E-state index contributed by atoms with van der Waals surface area (Å²) in [5.41, 5.74) is 7.75. The smallest absolute Gasteiger partial charge is 0.166 e. The van der Waals surface area contributed by atoms with Crippen LogP contribution in [0.4, 0.5) is 14.5 Å². The summed E-state index contributed by atoms with van der Waals surface area (Å²) in [4.78, 5) is 0. The van der Waals surface area contributed by atoms with Crippen molar-refractivity contribution in [2.75, 3.05) is 12.8 Å². The summed E-state index contributed by atoms with van der Waals surface area (Å²) in [7, 11) is 1.48. The molecule has 0 heterocycles. The van der Waals surface area contributed by atoms with Crippen LogP contribution in [-0.4, -0.2) is 7.11 Å². The highest BCUT2D eigenvalue weighted by Gasteiger charge is 2.13. The molecule has 0 spiro atoms. The number of nitrogen functional groups attached to an aromatic ring is 1. The second-order valence-electron chi connectivity index (χ2n) is 4.01. The molecule has 2 aromatic carbocycles. The number of rotatable bonds is 2. The molecule has 0 amide bonds. The lowest BCUT2D eigenvalue weighted by Gasteiger charge is -2.12. The van der Waals surface area contributed by atoms with Gasteiger partial charge in [-0.2, -0.15) is 0 Å². The van der Waals surface area contributed by atoms with Crippen LogP contribution in [0.3, 0.4) is 0 Å². The fourth-order valence-electron chi connectivity index (χ4n) is 1.89. The minimum absolute atomic E-state index is 0.200. The van der Waals surface area contributed by atoms with Crippen LogP contribution in [0, 0.1) is 18.6 Å². The van der Waals surface area contributed by atoms with E-state index in [0.29, 0.717) is 17.0 Å². The van der Waals surface area contributed by atoms with Crippen molar-refractivity contribution in [3.05, 3.63) is 47.5 Å². The number of benzene rings is 2. The zero-order valence-electron chi connectivity index (χ0n) is 10.1. The minimum Gasteiger partial charge on any atom is -0.495 e. The molecule has 2 nitrogen and oxygen atoms in total. The summed E-state index contributed by atoms with van der Waals surface area (Å²) in [6.07, 6.45) is 0. The van der Waals surface area contributed by atoms with Gasteiger partial charge in [0.05, 0.1) is 12.8 Å². The van der Waals surface area contributed by atoms with Gasteiger partial charge in [-0.15, -0.1) is 0 Å². The van der Waals surface area contributed by atoms with Crippen molar-refractivity contribution in [2.45, 2.75) is 6.92 Å². The standard InChI is InChI=1S/C14H13F2NO/c1-8-6-12(17)13(18-2)7-10(8)9-4-3-5-11(15)14(9)16/h3-7H,17H2,1-2H3. The van der Waals surface area contributed by atoms with E-state index in [1.54, 1.807) is 19.1 Å².